The minimum atomic E-state index is 0.372. The number of ketones is 1. The van der Waals surface area contributed by atoms with Gasteiger partial charge in [-0.25, -0.2) is 0 Å². The Kier molecular flexibility index (Phi) is 3.39. The lowest BCUT2D eigenvalue weighted by molar-refractivity contribution is -0.125. The minimum Gasteiger partial charge on any atom is -0.300 e. The lowest BCUT2D eigenvalue weighted by Gasteiger charge is -2.38. The molecule has 0 bridgehead atoms. The average Bonchev–Trinajstić information content (AvgIpc) is 2.25. The summed E-state index contributed by atoms with van der Waals surface area (Å²) in [6, 6.07) is 11.2. The van der Waals surface area contributed by atoms with Crippen LogP contribution < -0.4 is 0 Å². The molecule has 2 unspecified atom stereocenters. The summed E-state index contributed by atoms with van der Waals surface area (Å²) in [5.74, 6) is 0.407. The van der Waals surface area contributed by atoms with E-state index in [1.807, 2.05) is 6.07 Å². The van der Waals surface area contributed by atoms with E-state index in [4.69, 9.17) is 0 Å². The van der Waals surface area contributed by atoms with Gasteiger partial charge >= 0.3 is 0 Å². The molecule has 0 amide bonds. The number of piperidine rings is 1. The molecule has 0 saturated carbocycles. The van der Waals surface area contributed by atoms with Crippen molar-refractivity contribution in [2.24, 2.45) is 0 Å². The number of rotatable bonds is 2. The molecule has 0 radical (unpaired) electrons. The van der Waals surface area contributed by atoms with Gasteiger partial charge in [-0.05, 0) is 19.4 Å². The highest BCUT2D eigenvalue weighted by molar-refractivity contribution is 5.80. The Morgan fingerprint density at radius 3 is 2.25 bits per heavy atom. The van der Waals surface area contributed by atoms with Crippen molar-refractivity contribution in [1.82, 2.24) is 4.90 Å². The van der Waals surface area contributed by atoms with Crippen molar-refractivity contribution in [3.8, 4) is 0 Å². The smallest absolute Gasteiger partial charge is 0.136 e. The number of likely N-dealkylation sites (tertiary alicyclic amines) is 1. The van der Waals surface area contributed by atoms with Crippen LogP contribution in [-0.2, 0) is 11.3 Å². The second kappa shape index (κ2) is 4.79. The largest absolute Gasteiger partial charge is 0.300 e. The first-order valence-corrected chi connectivity index (χ1v) is 5.98. The fourth-order valence-corrected chi connectivity index (χ4v) is 2.52. The van der Waals surface area contributed by atoms with Crippen LogP contribution in [0.1, 0.15) is 32.3 Å². The van der Waals surface area contributed by atoms with Crippen molar-refractivity contribution in [2.45, 2.75) is 45.3 Å². The van der Waals surface area contributed by atoms with Crippen molar-refractivity contribution < 1.29 is 4.79 Å². The molecule has 1 fully saturated rings. The summed E-state index contributed by atoms with van der Waals surface area (Å²) in [6.45, 7) is 5.25. The predicted molar refractivity (Wildman–Crippen MR) is 65.2 cm³/mol. The maximum absolute atomic E-state index is 11.5. The second-order valence-electron chi connectivity index (χ2n) is 4.80. The fourth-order valence-electron chi connectivity index (χ4n) is 2.52. The molecule has 1 aliphatic rings. The molecule has 2 nitrogen and oxygen atoms in total. The Hall–Kier alpha value is -1.15. The molecule has 1 saturated heterocycles. The first kappa shape index (κ1) is 11.3. The standard InChI is InChI=1S/C14H19NO/c1-11-8-14(16)9-12(2)15(11)10-13-6-4-3-5-7-13/h3-7,11-12H,8-10H2,1-2H3. The van der Waals surface area contributed by atoms with Crippen LogP contribution in [0.15, 0.2) is 30.3 Å². The lowest BCUT2D eigenvalue weighted by Crippen LogP contribution is -2.46. The Bertz CT molecular complexity index is 346. The molecule has 2 rings (SSSR count). The van der Waals surface area contributed by atoms with Crippen molar-refractivity contribution in [1.29, 1.82) is 0 Å². The molecule has 16 heavy (non-hydrogen) atoms. The zero-order valence-electron chi connectivity index (χ0n) is 10.0. The first-order valence-electron chi connectivity index (χ1n) is 5.98. The molecule has 86 valence electrons. The molecule has 1 aromatic rings. The van der Waals surface area contributed by atoms with Crippen LogP contribution in [-0.4, -0.2) is 22.8 Å². The predicted octanol–water partition coefficient (Wildman–Crippen LogP) is 2.63. The summed E-state index contributed by atoms with van der Waals surface area (Å²) < 4.78 is 0. The molecule has 1 aromatic carbocycles. The molecule has 2 atom stereocenters. The molecular formula is C14H19NO. The molecule has 1 heterocycles. The van der Waals surface area contributed by atoms with E-state index in [-0.39, 0.29) is 0 Å². The molecule has 0 aromatic heterocycles. The van der Waals surface area contributed by atoms with Gasteiger partial charge in [0.25, 0.3) is 0 Å². The topological polar surface area (TPSA) is 20.3 Å². The van der Waals surface area contributed by atoms with Gasteiger partial charge in [0.2, 0.25) is 0 Å². The van der Waals surface area contributed by atoms with Gasteiger partial charge in [0.15, 0.2) is 0 Å². The van der Waals surface area contributed by atoms with E-state index in [1.165, 1.54) is 5.56 Å². The highest BCUT2D eigenvalue weighted by Gasteiger charge is 2.29. The third-order valence-electron chi connectivity index (χ3n) is 3.39. The van der Waals surface area contributed by atoms with Gasteiger partial charge in [-0.15, -0.1) is 0 Å². The number of carbonyl (C=O) groups excluding carboxylic acids is 1. The molecular weight excluding hydrogens is 198 g/mol. The molecule has 0 aliphatic carbocycles. The summed E-state index contributed by atoms with van der Waals surface area (Å²) in [7, 11) is 0. The SMILES string of the molecule is CC1CC(=O)CC(C)N1Cc1ccccc1. The number of hydrogen-bond donors (Lipinski definition) is 0. The molecule has 0 N–H and O–H groups in total. The number of carbonyl (C=O) groups is 1. The molecule has 1 aliphatic heterocycles. The monoisotopic (exact) mass is 217 g/mol. The summed E-state index contributed by atoms with van der Waals surface area (Å²) in [5.41, 5.74) is 1.33. The highest BCUT2D eigenvalue weighted by atomic mass is 16.1. The van der Waals surface area contributed by atoms with Gasteiger partial charge in [0.1, 0.15) is 5.78 Å². The van der Waals surface area contributed by atoms with Gasteiger partial charge in [-0.1, -0.05) is 30.3 Å². The van der Waals surface area contributed by atoms with Crippen molar-refractivity contribution >= 4 is 5.78 Å². The summed E-state index contributed by atoms with van der Waals surface area (Å²) in [4.78, 5) is 13.9. The summed E-state index contributed by atoms with van der Waals surface area (Å²) in [6.07, 6.45) is 1.41. The number of Topliss-reactive ketones (excluding diaryl/α,β-unsaturated/α-hetero) is 1. The van der Waals surface area contributed by atoms with Crippen LogP contribution in [0, 0.1) is 0 Å². The van der Waals surface area contributed by atoms with E-state index in [9.17, 15) is 4.79 Å². The Labute approximate surface area is 97.3 Å². The average molecular weight is 217 g/mol. The Morgan fingerprint density at radius 1 is 1.12 bits per heavy atom. The number of benzene rings is 1. The minimum absolute atomic E-state index is 0.372. The van der Waals surface area contributed by atoms with Crippen molar-refractivity contribution in [3.05, 3.63) is 35.9 Å². The number of hydrogen-bond acceptors (Lipinski definition) is 2. The van der Waals surface area contributed by atoms with Crippen LogP contribution in [0.2, 0.25) is 0 Å². The summed E-state index contributed by atoms with van der Waals surface area (Å²) in [5, 5.41) is 0. The first-order chi connectivity index (χ1) is 7.66. The Balaban J connectivity index is 2.06. The van der Waals surface area contributed by atoms with E-state index < -0.39 is 0 Å². The summed E-state index contributed by atoms with van der Waals surface area (Å²) >= 11 is 0. The van der Waals surface area contributed by atoms with Crippen molar-refractivity contribution in [2.75, 3.05) is 0 Å². The van der Waals surface area contributed by atoms with Gasteiger partial charge in [-0.2, -0.15) is 0 Å². The van der Waals surface area contributed by atoms with Crippen molar-refractivity contribution in [3.63, 3.8) is 0 Å². The lowest BCUT2D eigenvalue weighted by atomic mass is 9.95. The van der Waals surface area contributed by atoms with Crippen LogP contribution in [0.4, 0.5) is 0 Å². The fraction of sp³-hybridized carbons (Fsp3) is 0.500. The normalized spacial score (nSPS) is 27.0. The van der Waals surface area contributed by atoms with E-state index in [1.54, 1.807) is 0 Å². The molecule has 0 spiro atoms. The Morgan fingerprint density at radius 2 is 1.69 bits per heavy atom. The van der Waals surface area contributed by atoms with Gasteiger partial charge in [-0.3, -0.25) is 9.69 Å². The quantitative estimate of drug-likeness (QED) is 0.759. The maximum Gasteiger partial charge on any atom is 0.136 e. The zero-order chi connectivity index (χ0) is 11.5. The maximum atomic E-state index is 11.5. The van der Waals surface area contributed by atoms with Crippen LogP contribution >= 0.6 is 0 Å². The molecule has 2 heteroatoms. The van der Waals surface area contributed by atoms with Gasteiger partial charge < -0.3 is 0 Å². The van der Waals surface area contributed by atoms with Crippen LogP contribution in [0.3, 0.4) is 0 Å². The van der Waals surface area contributed by atoms with E-state index in [0.717, 1.165) is 6.54 Å². The van der Waals surface area contributed by atoms with Crippen LogP contribution in [0.5, 0.6) is 0 Å². The number of nitrogens with zero attached hydrogens (tertiary/aromatic N) is 1. The van der Waals surface area contributed by atoms with E-state index >= 15 is 0 Å². The third-order valence-corrected chi connectivity index (χ3v) is 3.39. The van der Waals surface area contributed by atoms with Gasteiger partial charge in [0.05, 0.1) is 0 Å². The van der Waals surface area contributed by atoms with E-state index in [2.05, 4.69) is 43.0 Å². The zero-order valence-corrected chi connectivity index (χ0v) is 10.0. The van der Waals surface area contributed by atoms with E-state index in [0.29, 0.717) is 30.7 Å². The third kappa shape index (κ3) is 2.50. The van der Waals surface area contributed by atoms with Crippen LogP contribution in [0.25, 0.3) is 0 Å². The highest BCUT2D eigenvalue weighted by Crippen LogP contribution is 2.22. The second-order valence-corrected chi connectivity index (χ2v) is 4.80. The van der Waals surface area contributed by atoms with Gasteiger partial charge in [0, 0.05) is 31.5 Å².